The lowest BCUT2D eigenvalue weighted by Crippen LogP contribution is -2.18. The van der Waals surface area contributed by atoms with Crippen molar-refractivity contribution in [2.45, 2.75) is 18.8 Å². The normalized spacial score (nSPS) is 12.3. The summed E-state index contributed by atoms with van der Waals surface area (Å²) in [7, 11) is 1.21. The number of carbonyl (C=O) groups is 1. The summed E-state index contributed by atoms with van der Waals surface area (Å²) in [6, 6.07) is 2.85. The van der Waals surface area contributed by atoms with Gasteiger partial charge in [-0.25, -0.2) is 0 Å². The van der Waals surface area contributed by atoms with E-state index in [1.54, 1.807) is 0 Å². The van der Waals surface area contributed by atoms with Crippen molar-refractivity contribution in [1.82, 2.24) is 0 Å². The van der Waals surface area contributed by atoms with E-state index in [2.05, 4.69) is 9.47 Å². The van der Waals surface area contributed by atoms with Gasteiger partial charge in [0.25, 0.3) is 0 Å². The Morgan fingerprint density at radius 2 is 2.05 bits per heavy atom. The SMILES string of the molecule is COC(=O)C[C@@H](N)c1ccc(OC(F)(F)F)c(Cl)c1.Cl. The number of esters is 1. The molecule has 0 heterocycles. The summed E-state index contributed by atoms with van der Waals surface area (Å²) < 4.78 is 44.2. The van der Waals surface area contributed by atoms with Crippen molar-refractivity contribution in [3.8, 4) is 5.75 Å². The predicted octanol–water partition coefficient (Wildman–Crippen LogP) is 3.22. The van der Waals surface area contributed by atoms with E-state index in [-0.39, 0.29) is 23.9 Å². The minimum atomic E-state index is -4.82. The molecule has 0 aliphatic rings. The van der Waals surface area contributed by atoms with E-state index < -0.39 is 24.1 Å². The van der Waals surface area contributed by atoms with Crippen molar-refractivity contribution in [2.75, 3.05) is 7.11 Å². The first kappa shape index (κ1) is 18.8. The molecule has 9 heteroatoms. The molecule has 0 bridgehead atoms. The van der Waals surface area contributed by atoms with E-state index in [4.69, 9.17) is 17.3 Å². The van der Waals surface area contributed by atoms with Gasteiger partial charge in [-0.3, -0.25) is 4.79 Å². The number of halogens is 5. The van der Waals surface area contributed by atoms with E-state index in [9.17, 15) is 18.0 Å². The van der Waals surface area contributed by atoms with Gasteiger partial charge >= 0.3 is 12.3 Å². The van der Waals surface area contributed by atoms with Gasteiger partial charge in [0.15, 0.2) is 0 Å². The van der Waals surface area contributed by atoms with Gasteiger partial charge in [0.05, 0.1) is 18.6 Å². The van der Waals surface area contributed by atoms with Crippen LogP contribution in [0, 0.1) is 0 Å². The van der Waals surface area contributed by atoms with Gasteiger partial charge in [-0.05, 0) is 17.7 Å². The van der Waals surface area contributed by atoms with Crippen LogP contribution >= 0.6 is 24.0 Å². The monoisotopic (exact) mass is 333 g/mol. The molecule has 0 aromatic heterocycles. The minimum absolute atomic E-state index is 0. The average molecular weight is 334 g/mol. The fourth-order valence-corrected chi connectivity index (χ4v) is 1.56. The Hall–Kier alpha value is -1.18. The molecule has 4 nitrogen and oxygen atoms in total. The number of hydrogen-bond acceptors (Lipinski definition) is 4. The van der Waals surface area contributed by atoms with Crippen molar-refractivity contribution in [3.05, 3.63) is 28.8 Å². The van der Waals surface area contributed by atoms with Crippen LogP contribution in [-0.4, -0.2) is 19.4 Å². The predicted molar refractivity (Wildman–Crippen MR) is 68.9 cm³/mol. The third-order valence-corrected chi connectivity index (χ3v) is 2.52. The smallest absolute Gasteiger partial charge is 0.469 e. The molecule has 0 spiro atoms. The van der Waals surface area contributed by atoms with E-state index >= 15 is 0 Å². The second-order valence-corrected chi connectivity index (χ2v) is 4.03. The van der Waals surface area contributed by atoms with Crippen LogP contribution in [0.1, 0.15) is 18.0 Å². The van der Waals surface area contributed by atoms with E-state index in [0.29, 0.717) is 5.56 Å². The van der Waals surface area contributed by atoms with Crippen LogP contribution in [0.2, 0.25) is 5.02 Å². The van der Waals surface area contributed by atoms with Gasteiger partial charge in [0.1, 0.15) is 5.75 Å². The van der Waals surface area contributed by atoms with Crippen molar-refractivity contribution in [3.63, 3.8) is 0 Å². The zero-order chi connectivity index (χ0) is 14.6. The van der Waals surface area contributed by atoms with Gasteiger partial charge in [0.2, 0.25) is 0 Å². The molecule has 114 valence electrons. The maximum absolute atomic E-state index is 12.0. The number of nitrogens with two attached hydrogens (primary N) is 1. The lowest BCUT2D eigenvalue weighted by atomic mass is 10.0. The van der Waals surface area contributed by atoms with Gasteiger partial charge < -0.3 is 15.2 Å². The van der Waals surface area contributed by atoms with Crippen LogP contribution in [0.4, 0.5) is 13.2 Å². The summed E-state index contributed by atoms with van der Waals surface area (Å²) in [5, 5.41) is -0.241. The topological polar surface area (TPSA) is 61.5 Å². The molecular formula is C11H12Cl2F3NO3. The Labute approximate surface area is 124 Å². The highest BCUT2D eigenvalue weighted by Crippen LogP contribution is 2.32. The molecule has 0 amide bonds. The molecule has 0 fully saturated rings. The number of benzene rings is 1. The van der Waals surface area contributed by atoms with Crippen LogP contribution in [0.3, 0.4) is 0 Å². The highest BCUT2D eigenvalue weighted by Gasteiger charge is 2.32. The average Bonchev–Trinajstić information content (AvgIpc) is 2.29. The van der Waals surface area contributed by atoms with E-state index in [0.717, 1.165) is 6.07 Å². The van der Waals surface area contributed by atoms with Crippen LogP contribution in [0.5, 0.6) is 5.75 Å². The molecule has 0 unspecified atom stereocenters. The molecule has 0 saturated heterocycles. The van der Waals surface area contributed by atoms with Crippen LogP contribution in [0.25, 0.3) is 0 Å². The zero-order valence-corrected chi connectivity index (χ0v) is 11.8. The second kappa shape index (κ2) is 7.56. The van der Waals surface area contributed by atoms with Crippen molar-refractivity contribution < 1.29 is 27.4 Å². The molecular weight excluding hydrogens is 322 g/mol. The Kier molecular flexibility index (Phi) is 7.12. The van der Waals surface area contributed by atoms with E-state index in [1.165, 1.54) is 19.2 Å². The quantitative estimate of drug-likeness (QED) is 0.859. The summed E-state index contributed by atoms with van der Waals surface area (Å²) in [5.74, 6) is -1.05. The van der Waals surface area contributed by atoms with Crippen molar-refractivity contribution in [2.24, 2.45) is 5.73 Å². The standard InChI is InChI=1S/C11H11ClF3NO3.ClH/c1-18-10(17)5-8(16)6-2-3-9(7(12)4-6)19-11(13,14)15;/h2-4,8H,5,16H2,1H3;1H/t8-;/m1./s1. The molecule has 1 aromatic carbocycles. The first-order chi connectivity index (χ1) is 8.73. The van der Waals surface area contributed by atoms with Crippen molar-refractivity contribution >= 4 is 30.0 Å². The fraction of sp³-hybridized carbons (Fsp3) is 0.364. The van der Waals surface area contributed by atoms with Crippen molar-refractivity contribution in [1.29, 1.82) is 0 Å². The number of rotatable bonds is 4. The van der Waals surface area contributed by atoms with Gasteiger partial charge in [-0.1, -0.05) is 17.7 Å². The summed E-state index contributed by atoms with van der Waals surface area (Å²) in [4.78, 5) is 11.0. The molecule has 0 aliphatic carbocycles. The maximum Gasteiger partial charge on any atom is 0.573 e. The summed E-state index contributed by atoms with van der Waals surface area (Å²) >= 11 is 5.65. The van der Waals surface area contributed by atoms with E-state index in [1.807, 2.05) is 0 Å². The number of ether oxygens (including phenoxy) is 2. The Morgan fingerprint density at radius 1 is 1.45 bits per heavy atom. The molecule has 0 radical (unpaired) electrons. The largest absolute Gasteiger partial charge is 0.573 e. The molecule has 1 rings (SSSR count). The third kappa shape index (κ3) is 5.85. The minimum Gasteiger partial charge on any atom is -0.469 e. The maximum atomic E-state index is 12.0. The van der Waals surface area contributed by atoms with Crippen LogP contribution < -0.4 is 10.5 Å². The first-order valence-corrected chi connectivity index (χ1v) is 5.48. The lowest BCUT2D eigenvalue weighted by molar-refractivity contribution is -0.274. The summed E-state index contributed by atoms with van der Waals surface area (Å²) in [5.41, 5.74) is 6.10. The van der Waals surface area contributed by atoms with Crippen LogP contribution in [-0.2, 0) is 9.53 Å². The Bertz CT molecular complexity index is 469. The molecule has 20 heavy (non-hydrogen) atoms. The van der Waals surface area contributed by atoms with Gasteiger partial charge in [0, 0.05) is 6.04 Å². The highest BCUT2D eigenvalue weighted by molar-refractivity contribution is 6.32. The van der Waals surface area contributed by atoms with Gasteiger partial charge in [-0.15, -0.1) is 25.6 Å². The summed E-state index contributed by atoms with van der Waals surface area (Å²) in [6.45, 7) is 0. The summed E-state index contributed by atoms with van der Waals surface area (Å²) in [6.07, 6.45) is -4.93. The zero-order valence-electron chi connectivity index (χ0n) is 10.2. The third-order valence-electron chi connectivity index (χ3n) is 2.22. The molecule has 0 aliphatic heterocycles. The lowest BCUT2D eigenvalue weighted by Gasteiger charge is -2.14. The fourth-order valence-electron chi connectivity index (χ4n) is 1.34. The Balaban J connectivity index is 0.00000361. The number of methoxy groups -OCH3 is 1. The molecule has 1 atom stereocenters. The Morgan fingerprint density at radius 3 is 2.50 bits per heavy atom. The highest BCUT2D eigenvalue weighted by atomic mass is 35.5. The first-order valence-electron chi connectivity index (χ1n) is 5.10. The molecule has 2 N–H and O–H groups in total. The molecule has 1 aromatic rings. The van der Waals surface area contributed by atoms with Gasteiger partial charge in [-0.2, -0.15) is 0 Å². The number of carbonyl (C=O) groups excluding carboxylic acids is 1. The second-order valence-electron chi connectivity index (χ2n) is 3.62. The van der Waals surface area contributed by atoms with Crippen LogP contribution in [0.15, 0.2) is 18.2 Å². The molecule has 0 saturated carbocycles. The number of alkyl halides is 3. The number of hydrogen-bond donors (Lipinski definition) is 1.